The minimum absolute atomic E-state index is 0.0255. The van der Waals surface area contributed by atoms with Gasteiger partial charge in [0.2, 0.25) is 0 Å². The maximum Gasteiger partial charge on any atom is 0.328 e. The number of hydrogen-bond acceptors (Lipinski definition) is 3. The number of ether oxygens (including phenoxy) is 1. The standard InChI is InChI=1S/C11H13NO2/c1-8-7-12-10(11(13)14-8)9-5-3-2-4-6-9/h2-6,8,10,12H,7H2,1H3. The van der Waals surface area contributed by atoms with E-state index in [-0.39, 0.29) is 18.1 Å². The fourth-order valence-corrected chi connectivity index (χ4v) is 1.57. The summed E-state index contributed by atoms with van der Waals surface area (Å²) in [7, 11) is 0. The van der Waals surface area contributed by atoms with Gasteiger partial charge >= 0.3 is 5.97 Å². The zero-order valence-corrected chi connectivity index (χ0v) is 8.07. The molecule has 0 spiro atoms. The number of nitrogens with one attached hydrogen (secondary N) is 1. The molecule has 0 amide bonds. The molecule has 1 fully saturated rings. The first-order valence-corrected chi connectivity index (χ1v) is 4.76. The average Bonchev–Trinajstić information content (AvgIpc) is 2.19. The molecule has 1 heterocycles. The van der Waals surface area contributed by atoms with Crippen LogP contribution < -0.4 is 5.32 Å². The van der Waals surface area contributed by atoms with Crippen molar-refractivity contribution in [1.29, 1.82) is 0 Å². The highest BCUT2D eigenvalue weighted by atomic mass is 16.5. The molecule has 14 heavy (non-hydrogen) atoms. The van der Waals surface area contributed by atoms with Gasteiger partial charge in [0.1, 0.15) is 12.1 Å². The number of hydrogen-bond donors (Lipinski definition) is 1. The zero-order chi connectivity index (χ0) is 9.97. The van der Waals surface area contributed by atoms with Crippen LogP contribution in [0.3, 0.4) is 0 Å². The predicted molar refractivity (Wildman–Crippen MR) is 52.7 cm³/mol. The van der Waals surface area contributed by atoms with E-state index in [9.17, 15) is 4.79 Å². The first-order chi connectivity index (χ1) is 6.77. The Morgan fingerprint density at radius 1 is 1.36 bits per heavy atom. The number of carbonyl (C=O) groups is 1. The topological polar surface area (TPSA) is 38.3 Å². The number of carbonyl (C=O) groups excluding carboxylic acids is 1. The molecule has 0 aromatic heterocycles. The van der Waals surface area contributed by atoms with Gasteiger partial charge in [0, 0.05) is 6.54 Å². The molecule has 1 aliphatic heterocycles. The van der Waals surface area contributed by atoms with Crippen molar-refractivity contribution in [3.8, 4) is 0 Å². The molecule has 2 unspecified atom stereocenters. The van der Waals surface area contributed by atoms with Gasteiger partial charge in [-0.3, -0.25) is 5.32 Å². The van der Waals surface area contributed by atoms with Crippen molar-refractivity contribution >= 4 is 5.97 Å². The fourth-order valence-electron chi connectivity index (χ4n) is 1.57. The molecule has 74 valence electrons. The SMILES string of the molecule is CC1CNC(c2ccccc2)C(=O)O1. The lowest BCUT2D eigenvalue weighted by molar-refractivity contribution is -0.155. The van der Waals surface area contributed by atoms with Crippen LogP contribution in [0.2, 0.25) is 0 Å². The second-order valence-corrected chi connectivity index (χ2v) is 3.50. The molecule has 3 heteroatoms. The summed E-state index contributed by atoms with van der Waals surface area (Å²) in [6.45, 7) is 2.59. The van der Waals surface area contributed by atoms with Gasteiger partial charge in [-0.2, -0.15) is 0 Å². The molecule has 3 nitrogen and oxygen atoms in total. The minimum Gasteiger partial charge on any atom is -0.460 e. The average molecular weight is 191 g/mol. The van der Waals surface area contributed by atoms with Gasteiger partial charge in [-0.1, -0.05) is 30.3 Å². The molecule has 1 aromatic carbocycles. The van der Waals surface area contributed by atoms with E-state index in [0.29, 0.717) is 6.54 Å². The highest BCUT2D eigenvalue weighted by Crippen LogP contribution is 2.18. The summed E-state index contributed by atoms with van der Waals surface area (Å²) in [6, 6.07) is 9.32. The molecule has 2 atom stereocenters. The van der Waals surface area contributed by atoms with Gasteiger partial charge in [-0.25, -0.2) is 4.79 Å². The third-order valence-electron chi connectivity index (χ3n) is 2.30. The molecule has 1 aliphatic rings. The van der Waals surface area contributed by atoms with Crippen LogP contribution in [0.1, 0.15) is 18.5 Å². The highest BCUT2D eigenvalue weighted by Gasteiger charge is 2.28. The monoisotopic (exact) mass is 191 g/mol. The fraction of sp³-hybridized carbons (Fsp3) is 0.364. The summed E-state index contributed by atoms with van der Waals surface area (Å²) in [5.74, 6) is -0.185. The zero-order valence-electron chi connectivity index (χ0n) is 8.07. The molecular formula is C11H13NO2. The van der Waals surface area contributed by atoms with E-state index in [4.69, 9.17) is 4.74 Å². The number of cyclic esters (lactones) is 1. The maximum absolute atomic E-state index is 11.5. The summed E-state index contributed by atoms with van der Waals surface area (Å²) in [5, 5.41) is 3.16. The van der Waals surface area contributed by atoms with Crippen molar-refractivity contribution in [3.63, 3.8) is 0 Å². The molecule has 1 N–H and O–H groups in total. The van der Waals surface area contributed by atoms with Crippen LogP contribution in [0, 0.1) is 0 Å². The Morgan fingerprint density at radius 3 is 2.71 bits per heavy atom. The van der Waals surface area contributed by atoms with E-state index >= 15 is 0 Å². The lowest BCUT2D eigenvalue weighted by Gasteiger charge is -2.27. The van der Waals surface area contributed by atoms with Crippen LogP contribution in [0.15, 0.2) is 30.3 Å². The lowest BCUT2D eigenvalue weighted by Crippen LogP contribution is -2.43. The van der Waals surface area contributed by atoms with Gasteiger partial charge in [-0.05, 0) is 12.5 Å². The van der Waals surface area contributed by atoms with Gasteiger partial charge in [0.25, 0.3) is 0 Å². The Labute approximate surface area is 83.1 Å². The predicted octanol–water partition coefficient (Wildman–Crippen LogP) is 1.26. The minimum atomic E-state index is -0.299. The summed E-state index contributed by atoms with van der Waals surface area (Å²) in [5.41, 5.74) is 0.962. The van der Waals surface area contributed by atoms with E-state index in [1.807, 2.05) is 37.3 Å². The van der Waals surface area contributed by atoms with Crippen molar-refractivity contribution in [1.82, 2.24) is 5.32 Å². The molecule has 1 aromatic rings. The first kappa shape index (κ1) is 9.21. The Morgan fingerprint density at radius 2 is 2.07 bits per heavy atom. The first-order valence-electron chi connectivity index (χ1n) is 4.76. The number of rotatable bonds is 1. The van der Waals surface area contributed by atoms with E-state index in [2.05, 4.69) is 5.32 Å². The van der Waals surface area contributed by atoms with Crippen LogP contribution in [0.4, 0.5) is 0 Å². The summed E-state index contributed by atoms with van der Waals surface area (Å²) in [4.78, 5) is 11.5. The molecule has 0 radical (unpaired) electrons. The molecule has 0 saturated carbocycles. The van der Waals surface area contributed by atoms with Gasteiger partial charge < -0.3 is 4.74 Å². The quantitative estimate of drug-likeness (QED) is 0.679. The molecule has 0 bridgehead atoms. The normalized spacial score (nSPS) is 27.1. The van der Waals surface area contributed by atoms with E-state index in [1.165, 1.54) is 0 Å². The second kappa shape index (κ2) is 3.80. The molecule has 2 rings (SSSR count). The van der Waals surface area contributed by atoms with Gasteiger partial charge in [0.05, 0.1) is 0 Å². The largest absolute Gasteiger partial charge is 0.460 e. The van der Waals surface area contributed by atoms with E-state index in [0.717, 1.165) is 5.56 Å². The van der Waals surface area contributed by atoms with Gasteiger partial charge in [0.15, 0.2) is 0 Å². The smallest absolute Gasteiger partial charge is 0.328 e. The summed E-state index contributed by atoms with van der Waals surface area (Å²) in [6.07, 6.45) is -0.0255. The summed E-state index contributed by atoms with van der Waals surface area (Å²) < 4.78 is 5.15. The van der Waals surface area contributed by atoms with Crippen molar-refractivity contribution in [2.24, 2.45) is 0 Å². The highest BCUT2D eigenvalue weighted by molar-refractivity contribution is 5.78. The Balaban J connectivity index is 2.16. The van der Waals surface area contributed by atoms with Crippen molar-refractivity contribution < 1.29 is 9.53 Å². The summed E-state index contributed by atoms with van der Waals surface area (Å²) >= 11 is 0. The Hall–Kier alpha value is -1.35. The molecule has 1 saturated heterocycles. The number of benzene rings is 1. The van der Waals surface area contributed by atoms with Crippen molar-refractivity contribution in [3.05, 3.63) is 35.9 Å². The number of morpholine rings is 1. The van der Waals surface area contributed by atoms with Crippen LogP contribution in [0.25, 0.3) is 0 Å². The third kappa shape index (κ3) is 1.77. The molecular weight excluding hydrogens is 178 g/mol. The van der Waals surface area contributed by atoms with E-state index < -0.39 is 0 Å². The van der Waals surface area contributed by atoms with Crippen LogP contribution in [-0.2, 0) is 9.53 Å². The van der Waals surface area contributed by atoms with Crippen molar-refractivity contribution in [2.45, 2.75) is 19.1 Å². The van der Waals surface area contributed by atoms with Crippen LogP contribution in [0.5, 0.6) is 0 Å². The Kier molecular flexibility index (Phi) is 2.50. The molecule has 0 aliphatic carbocycles. The third-order valence-corrected chi connectivity index (χ3v) is 2.30. The van der Waals surface area contributed by atoms with Crippen molar-refractivity contribution in [2.75, 3.05) is 6.54 Å². The number of esters is 1. The Bertz CT molecular complexity index is 323. The van der Waals surface area contributed by atoms with Crippen LogP contribution in [-0.4, -0.2) is 18.6 Å². The van der Waals surface area contributed by atoms with E-state index in [1.54, 1.807) is 0 Å². The second-order valence-electron chi connectivity index (χ2n) is 3.50. The maximum atomic E-state index is 11.5. The lowest BCUT2D eigenvalue weighted by atomic mass is 10.1. The van der Waals surface area contributed by atoms with Crippen LogP contribution >= 0.6 is 0 Å². The van der Waals surface area contributed by atoms with Gasteiger partial charge in [-0.15, -0.1) is 0 Å².